The number of likely N-dealkylation sites (N-methyl/N-ethyl adjacent to an activating group) is 1. The Hall–Kier alpha value is -3.15. The van der Waals surface area contributed by atoms with E-state index in [1.54, 1.807) is 14.0 Å². The summed E-state index contributed by atoms with van der Waals surface area (Å²) in [4.78, 5) is 29.5. The Bertz CT molecular complexity index is 1220. The highest BCUT2D eigenvalue weighted by molar-refractivity contribution is 7.99. The molecule has 0 spiro atoms. The lowest BCUT2D eigenvalue weighted by molar-refractivity contribution is -0.116. The molecule has 2 N–H and O–H groups in total. The van der Waals surface area contributed by atoms with Crippen LogP contribution in [0.3, 0.4) is 0 Å². The summed E-state index contributed by atoms with van der Waals surface area (Å²) in [6.07, 6.45) is 0.437. The number of aryl methyl sites for hydroxylation is 1. The summed E-state index contributed by atoms with van der Waals surface area (Å²) in [5.41, 5.74) is 1.95. The van der Waals surface area contributed by atoms with Gasteiger partial charge in [-0.15, -0.1) is 0 Å². The van der Waals surface area contributed by atoms with E-state index in [-0.39, 0.29) is 5.78 Å². The summed E-state index contributed by atoms with van der Waals surface area (Å²) >= 11 is 1.49. The molecule has 0 unspecified atom stereocenters. The quantitative estimate of drug-likeness (QED) is 0.303. The number of carbonyl (C=O) groups excluding carboxylic acids is 1. The molecule has 11 heteroatoms. The van der Waals surface area contributed by atoms with Crippen LogP contribution in [0.1, 0.15) is 32.0 Å². The Kier molecular flexibility index (Phi) is 10.2. The van der Waals surface area contributed by atoms with E-state index in [2.05, 4.69) is 44.1 Å². The lowest BCUT2D eigenvalue weighted by Crippen LogP contribution is -2.48. The van der Waals surface area contributed by atoms with E-state index in [0.29, 0.717) is 29.0 Å². The van der Waals surface area contributed by atoms with Crippen LogP contribution in [0.25, 0.3) is 0 Å². The van der Waals surface area contributed by atoms with Crippen molar-refractivity contribution in [1.82, 2.24) is 30.0 Å². The third-order valence-corrected chi connectivity index (χ3v) is 7.74. The monoisotopic (exact) mass is 552 g/mol. The number of aromatic amines is 1. The van der Waals surface area contributed by atoms with Crippen LogP contribution in [-0.2, 0) is 11.2 Å². The number of carbonyl (C=O) groups is 1. The summed E-state index contributed by atoms with van der Waals surface area (Å²) < 4.78 is 5.87. The fourth-order valence-electron chi connectivity index (χ4n) is 4.63. The Morgan fingerprint density at radius 3 is 2.44 bits per heavy atom. The molecule has 3 heterocycles. The number of ketones is 1. The highest BCUT2D eigenvalue weighted by Crippen LogP contribution is 2.38. The van der Waals surface area contributed by atoms with E-state index in [9.17, 15) is 4.79 Å². The number of benzene rings is 1. The van der Waals surface area contributed by atoms with Gasteiger partial charge in [-0.2, -0.15) is 5.10 Å². The van der Waals surface area contributed by atoms with Crippen molar-refractivity contribution in [3.05, 3.63) is 41.6 Å². The number of nitrogens with zero attached hydrogens (tertiary/aromatic N) is 6. The number of Topliss-reactive ketones (excluding diaryl/α,β-unsaturated/α-hetero) is 1. The van der Waals surface area contributed by atoms with Crippen LogP contribution in [0.4, 0.5) is 17.5 Å². The molecule has 1 saturated heterocycles. The number of methoxy groups -OCH3 is 1. The molecule has 0 radical (unpaired) electrons. The minimum Gasteiger partial charge on any atom is -0.490 e. The molecular weight excluding hydrogens is 512 g/mol. The summed E-state index contributed by atoms with van der Waals surface area (Å²) in [5.74, 6) is 2.78. The number of rotatable bonds is 13. The van der Waals surface area contributed by atoms with Crippen LogP contribution in [0.2, 0.25) is 0 Å². The zero-order valence-electron chi connectivity index (χ0n) is 23.7. The number of aromatic nitrogens is 4. The fourth-order valence-corrected chi connectivity index (χ4v) is 5.38. The van der Waals surface area contributed by atoms with Gasteiger partial charge in [0, 0.05) is 62.3 Å². The summed E-state index contributed by atoms with van der Waals surface area (Å²) in [5, 5.41) is 11.2. The number of H-pyrrole nitrogens is 1. The van der Waals surface area contributed by atoms with Gasteiger partial charge in [-0.05, 0) is 56.4 Å². The smallest absolute Gasteiger partial charge is 0.204 e. The average Bonchev–Trinajstić information content (AvgIpc) is 3.34. The first-order chi connectivity index (χ1) is 18.9. The van der Waals surface area contributed by atoms with Gasteiger partial charge < -0.3 is 19.9 Å². The van der Waals surface area contributed by atoms with Gasteiger partial charge in [0.2, 0.25) is 5.75 Å². The number of hydrogen-bond donors (Lipinski definition) is 2. The van der Waals surface area contributed by atoms with Gasteiger partial charge in [0.15, 0.2) is 22.6 Å². The number of nitrogens with one attached hydrogen (secondary N) is 2. The summed E-state index contributed by atoms with van der Waals surface area (Å²) in [6, 6.07) is 9.91. The van der Waals surface area contributed by atoms with Crippen molar-refractivity contribution in [2.75, 3.05) is 69.7 Å². The molecule has 1 aromatic carbocycles. The molecular formula is C28H40N8O2S. The molecule has 2 aromatic heterocycles. The lowest BCUT2D eigenvalue weighted by atomic mass is 10.1. The number of piperazine rings is 1. The predicted octanol–water partition coefficient (Wildman–Crippen LogP) is 4.01. The van der Waals surface area contributed by atoms with Crippen LogP contribution in [0, 0.1) is 6.92 Å². The first-order valence-electron chi connectivity index (χ1n) is 13.6. The normalized spacial score (nSPS) is 14.2. The molecule has 210 valence electrons. The van der Waals surface area contributed by atoms with Crippen LogP contribution in [-0.4, -0.2) is 95.2 Å². The number of hydrogen-bond acceptors (Lipinski definition) is 10. The van der Waals surface area contributed by atoms with Crippen molar-refractivity contribution in [1.29, 1.82) is 0 Å². The Balaban J connectivity index is 1.56. The molecule has 10 nitrogen and oxygen atoms in total. The topological polar surface area (TPSA) is 103 Å². The maximum absolute atomic E-state index is 11.5. The fraction of sp³-hybridized carbons (Fsp3) is 0.500. The summed E-state index contributed by atoms with van der Waals surface area (Å²) in [7, 11) is 1.66. The minimum atomic E-state index is 0.149. The summed E-state index contributed by atoms with van der Waals surface area (Å²) in [6.45, 7) is 16.0. The van der Waals surface area contributed by atoms with Crippen LogP contribution < -0.4 is 15.0 Å². The average molecular weight is 553 g/mol. The van der Waals surface area contributed by atoms with Crippen molar-refractivity contribution in [2.24, 2.45) is 0 Å². The first-order valence-corrected chi connectivity index (χ1v) is 14.4. The Morgan fingerprint density at radius 2 is 1.85 bits per heavy atom. The van der Waals surface area contributed by atoms with Gasteiger partial charge in [-0.3, -0.25) is 14.8 Å². The van der Waals surface area contributed by atoms with E-state index >= 15 is 0 Å². The predicted molar refractivity (Wildman–Crippen MR) is 157 cm³/mol. The largest absolute Gasteiger partial charge is 0.490 e. The molecule has 1 aliphatic heterocycles. The van der Waals surface area contributed by atoms with E-state index in [4.69, 9.17) is 14.7 Å². The second-order valence-corrected chi connectivity index (χ2v) is 10.8. The maximum atomic E-state index is 11.5. The van der Waals surface area contributed by atoms with Crippen molar-refractivity contribution < 1.29 is 9.53 Å². The maximum Gasteiger partial charge on any atom is 0.204 e. The molecule has 0 amide bonds. The molecule has 0 atom stereocenters. The molecule has 0 aliphatic carbocycles. The molecule has 4 rings (SSSR count). The van der Waals surface area contributed by atoms with Crippen molar-refractivity contribution in [2.45, 2.75) is 44.2 Å². The third kappa shape index (κ3) is 7.93. The van der Waals surface area contributed by atoms with Gasteiger partial charge in [0.25, 0.3) is 0 Å². The van der Waals surface area contributed by atoms with E-state index in [1.165, 1.54) is 11.8 Å². The van der Waals surface area contributed by atoms with Gasteiger partial charge in [0.05, 0.1) is 7.11 Å². The molecule has 3 aromatic rings. The number of ether oxygens (including phenoxy) is 1. The third-order valence-electron chi connectivity index (χ3n) is 6.87. The van der Waals surface area contributed by atoms with Gasteiger partial charge >= 0.3 is 0 Å². The molecule has 1 fully saturated rings. The van der Waals surface area contributed by atoms with Crippen molar-refractivity contribution in [3.8, 4) is 5.75 Å². The SMILES string of the molecule is CCN(CC)CCN1CCN(c2nc(Sc3ccc(CC(C)=O)cc3)nc(Nc3cc(C)[nH]n3)c2OC)CC1. The second-order valence-electron chi connectivity index (χ2n) is 9.75. The van der Waals surface area contributed by atoms with E-state index in [1.807, 2.05) is 37.3 Å². The molecule has 0 bridgehead atoms. The van der Waals surface area contributed by atoms with Gasteiger partial charge in [-0.25, -0.2) is 9.97 Å². The van der Waals surface area contributed by atoms with Crippen LogP contribution >= 0.6 is 11.8 Å². The molecule has 1 aliphatic rings. The first kappa shape index (κ1) is 28.8. The Labute approximate surface area is 235 Å². The van der Waals surface area contributed by atoms with Crippen LogP contribution in [0.15, 0.2) is 40.4 Å². The highest BCUT2D eigenvalue weighted by Gasteiger charge is 2.25. The van der Waals surface area contributed by atoms with E-state index in [0.717, 1.165) is 74.3 Å². The van der Waals surface area contributed by atoms with E-state index < -0.39 is 0 Å². The molecule has 0 saturated carbocycles. The van der Waals surface area contributed by atoms with Gasteiger partial charge in [-0.1, -0.05) is 26.0 Å². The number of anilines is 3. The van der Waals surface area contributed by atoms with Gasteiger partial charge in [0.1, 0.15) is 5.78 Å². The minimum absolute atomic E-state index is 0.149. The second kappa shape index (κ2) is 13.8. The van der Waals surface area contributed by atoms with Crippen molar-refractivity contribution in [3.63, 3.8) is 0 Å². The highest BCUT2D eigenvalue weighted by atomic mass is 32.2. The lowest BCUT2D eigenvalue weighted by Gasteiger charge is -2.36. The van der Waals surface area contributed by atoms with Crippen molar-refractivity contribution >= 4 is 35.0 Å². The zero-order valence-corrected chi connectivity index (χ0v) is 24.5. The zero-order chi connectivity index (χ0) is 27.8. The Morgan fingerprint density at radius 1 is 1.13 bits per heavy atom. The standard InChI is InChI=1S/C28H40N8O2S/c1-6-34(7-2)12-13-35-14-16-36(17-15-35)27-25(38-5)26(29-24-18-20(3)32-33-24)30-28(31-27)39-23-10-8-22(9-11-23)19-21(4)37/h8-11,18H,6-7,12-17,19H2,1-5H3,(H2,29,30,31,32,33). The molecule has 39 heavy (non-hydrogen) atoms. The van der Waals surface area contributed by atoms with Crippen LogP contribution in [0.5, 0.6) is 5.75 Å².